The van der Waals surface area contributed by atoms with Gasteiger partial charge in [-0.2, -0.15) is 0 Å². The van der Waals surface area contributed by atoms with E-state index in [2.05, 4.69) is 67.8 Å². The first-order chi connectivity index (χ1) is 39.5. The van der Waals surface area contributed by atoms with Gasteiger partial charge in [-0.3, -0.25) is 9.36 Å². The molecule has 0 saturated carbocycles. The monoisotopic (exact) mass is 1160 g/mol. The molecule has 0 radical (unpaired) electrons. The first-order valence-electron chi connectivity index (χ1n) is 35.5. The number of aliphatic hydroxyl groups excluding tert-OH is 1. The van der Waals surface area contributed by atoms with Crippen LogP contribution >= 0.6 is 7.82 Å². The lowest BCUT2D eigenvalue weighted by molar-refractivity contribution is -0.870. The summed E-state index contributed by atoms with van der Waals surface area (Å²) in [6.45, 7) is 4.66. The highest BCUT2D eigenvalue weighted by Crippen LogP contribution is 2.38. The van der Waals surface area contributed by atoms with Crippen molar-refractivity contribution in [2.75, 3.05) is 40.9 Å². The van der Waals surface area contributed by atoms with Crippen molar-refractivity contribution in [1.82, 2.24) is 5.32 Å². The maximum absolute atomic E-state index is 13.1. The van der Waals surface area contributed by atoms with Gasteiger partial charge in [-0.15, -0.1) is 0 Å². The number of carbonyl (C=O) groups excluding carboxylic acids is 1. The van der Waals surface area contributed by atoms with E-state index in [1.165, 1.54) is 263 Å². The number of likely N-dealkylation sites (N-methyl/N-ethyl adjacent to an activating group) is 1. The summed E-state index contributed by atoms with van der Waals surface area (Å²) in [4.78, 5) is 25.7. The van der Waals surface area contributed by atoms with E-state index >= 15 is 0 Å². The third-order valence-electron chi connectivity index (χ3n) is 16.3. The lowest BCUT2D eigenvalue weighted by atomic mass is 10.0. The molecule has 8 nitrogen and oxygen atoms in total. The Morgan fingerprint density at radius 3 is 1.10 bits per heavy atom. The minimum atomic E-state index is -4.58. The zero-order valence-electron chi connectivity index (χ0n) is 54.8. The molecule has 0 rings (SSSR count). The van der Waals surface area contributed by atoms with Crippen molar-refractivity contribution in [3.63, 3.8) is 0 Å². The summed E-state index contributed by atoms with van der Waals surface area (Å²) >= 11 is 0. The third kappa shape index (κ3) is 65.9. The normalized spacial score (nSPS) is 13.9. The van der Waals surface area contributed by atoms with Crippen LogP contribution in [0.15, 0.2) is 48.6 Å². The standard InChI is InChI=1S/C72H139N2O6P/c1-6-8-10-12-14-16-18-20-22-24-26-28-30-32-34-36-38-39-41-43-45-47-49-51-53-55-57-59-61-63-65-71(75)70(69-80-81(77,78)79-68-67-74(3,4)5)73-72(76)66-64-62-60-58-56-54-52-50-48-46-44-42-40-37-35-33-31-29-27-25-23-21-19-17-15-13-11-9-7-2/h9,11,15,17,21,23,27,29,70-71,75H,6-8,10,12-14,16,18-20,22,24-26,28,30-69H2,1-5H3,(H-,73,76,77,78)/b11-9-,17-15-,23-21-,29-27-. The number of phosphoric ester groups is 1. The topological polar surface area (TPSA) is 108 Å². The molecule has 0 aromatic rings. The molecule has 0 saturated heterocycles. The number of hydrogen-bond donors (Lipinski definition) is 2. The van der Waals surface area contributed by atoms with Crippen LogP contribution in [0.4, 0.5) is 0 Å². The smallest absolute Gasteiger partial charge is 0.268 e. The van der Waals surface area contributed by atoms with Crippen LogP contribution in [-0.4, -0.2) is 68.5 Å². The second-order valence-corrected chi connectivity index (χ2v) is 27.0. The van der Waals surface area contributed by atoms with Gasteiger partial charge in [0.05, 0.1) is 39.9 Å². The summed E-state index contributed by atoms with van der Waals surface area (Å²) in [7, 11) is 1.32. The van der Waals surface area contributed by atoms with Crippen LogP contribution in [0.3, 0.4) is 0 Å². The second-order valence-electron chi connectivity index (χ2n) is 25.6. The molecule has 0 aromatic carbocycles. The Bertz CT molecular complexity index is 1460. The van der Waals surface area contributed by atoms with Crippen molar-refractivity contribution >= 4 is 13.7 Å². The van der Waals surface area contributed by atoms with E-state index in [0.717, 1.165) is 64.2 Å². The van der Waals surface area contributed by atoms with Crippen LogP contribution in [0, 0.1) is 0 Å². The van der Waals surface area contributed by atoms with Gasteiger partial charge in [0.25, 0.3) is 7.82 Å². The lowest BCUT2D eigenvalue weighted by Gasteiger charge is -2.30. The summed E-state index contributed by atoms with van der Waals surface area (Å²) in [6.07, 6.45) is 84.8. The van der Waals surface area contributed by atoms with Gasteiger partial charge in [0.2, 0.25) is 5.91 Å². The SMILES string of the molecule is CC/C=C\C/C=C\C/C=C\C/C=C\CCCCCCCCCCCCCCCCCCC(=O)NC(COP(=O)([O-])OCC[N+](C)(C)C)C(O)CCCCCCCCCCCCCCCCCCCCCCCCCCCCCCCC. The minimum absolute atomic E-state index is 0.0130. The van der Waals surface area contributed by atoms with Crippen LogP contribution < -0.4 is 10.2 Å². The number of amides is 1. The van der Waals surface area contributed by atoms with Gasteiger partial charge >= 0.3 is 0 Å². The number of nitrogens with one attached hydrogen (secondary N) is 1. The van der Waals surface area contributed by atoms with Crippen LogP contribution in [-0.2, 0) is 18.4 Å². The molecule has 81 heavy (non-hydrogen) atoms. The molecule has 0 spiro atoms. The predicted octanol–water partition coefficient (Wildman–Crippen LogP) is 22.0. The van der Waals surface area contributed by atoms with Crippen LogP contribution in [0.5, 0.6) is 0 Å². The molecule has 0 aromatic heterocycles. The third-order valence-corrected chi connectivity index (χ3v) is 17.3. The minimum Gasteiger partial charge on any atom is -0.756 e. The van der Waals surface area contributed by atoms with Crippen LogP contribution in [0.2, 0.25) is 0 Å². The van der Waals surface area contributed by atoms with E-state index in [0.29, 0.717) is 23.9 Å². The molecule has 1 amide bonds. The quantitative estimate of drug-likeness (QED) is 0.0272. The Balaban J connectivity index is 4.01. The summed E-state index contributed by atoms with van der Waals surface area (Å²) < 4.78 is 23.6. The average molecular weight is 1160 g/mol. The largest absolute Gasteiger partial charge is 0.756 e. The van der Waals surface area contributed by atoms with Crippen molar-refractivity contribution in [3.8, 4) is 0 Å². The van der Waals surface area contributed by atoms with Crippen LogP contribution in [0.1, 0.15) is 354 Å². The number of aliphatic hydroxyl groups is 1. The van der Waals surface area contributed by atoms with Crippen molar-refractivity contribution in [1.29, 1.82) is 0 Å². The van der Waals surface area contributed by atoms with Gasteiger partial charge in [-0.05, 0) is 51.4 Å². The lowest BCUT2D eigenvalue weighted by Crippen LogP contribution is -2.46. The second kappa shape index (κ2) is 63.0. The maximum atomic E-state index is 13.1. The number of unbranched alkanes of at least 4 members (excludes halogenated alkanes) is 45. The fourth-order valence-corrected chi connectivity index (χ4v) is 11.6. The highest BCUT2D eigenvalue weighted by atomic mass is 31.2. The Morgan fingerprint density at radius 1 is 0.444 bits per heavy atom. The van der Waals surface area contributed by atoms with E-state index < -0.39 is 20.0 Å². The molecular weight excluding hydrogens is 1020 g/mol. The molecular formula is C72H139N2O6P. The molecule has 478 valence electrons. The van der Waals surface area contributed by atoms with Gasteiger partial charge < -0.3 is 28.8 Å². The Hall–Kier alpha value is -1.54. The van der Waals surface area contributed by atoms with Crippen molar-refractivity contribution in [2.24, 2.45) is 0 Å². The molecule has 2 N–H and O–H groups in total. The predicted molar refractivity (Wildman–Crippen MR) is 353 cm³/mol. The zero-order valence-corrected chi connectivity index (χ0v) is 55.6. The summed E-state index contributed by atoms with van der Waals surface area (Å²) in [5, 5.41) is 14.1. The first-order valence-corrected chi connectivity index (χ1v) is 36.9. The van der Waals surface area contributed by atoms with Gasteiger partial charge in [0, 0.05) is 6.42 Å². The molecule has 0 aliphatic carbocycles. The number of nitrogens with zero attached hydrogens (tertiary/aromatic N) is 1. The molecule has 3 unspecified atom stereocenters. The first kappa shape index (κ1) is 79.5. The Kier molecular flexibility index (Phi) is 61.8. The van der Waals surface area contributed by atoms with Gasteiger partial charge in [-0.1, -0.05) is 345 Å². The number of hydrogen-bond acceptors (Lipinski definition) is 6. The van der Waals surface area contributed by atoms with Crippen LogP contribution in [0.25, 0.3) is 0 Å². The summed E-state index contributed by atoms with van der Waals surface area (Å²) in [6, 6.07) is -0.803. The molecule has 0 bridgehead atoms. The van der Waals surface area contributed by atoms with Gasteiger partial charge in [0.1, 0.15) is 13.2 Å². The van der Waals surface area contributed by atoms with Crippen molar-refractivity contribution in [3.05, 3.63) is 48.6 Å². The van der Waals surface area contributed by atoms with E-state index in [1.807, 2.05) is 21.1 Å². The van der Waals surface area contributed by atoms with Gasteiger partial charge in [-0.25, -0.2) is 0 Å². The van der Waals surface area contributed by atoms with Crippen molar-refractivity contribution < 1.29 is 32.9 Å². The maximum Gasteiger partial charge on any atom is 0.268 e. The van der Waals surface area contributed by atoms with Gasteiger partial charge in [0.15, 0.2) is 0 Å². The number of allylic oxidation sites excluding steroid dienone is 8. The number of phosphoric acid groups is 1. The number of quaternary nitrogens is 1. The summed E-state index contributed by atoms with van der Waals surface area (Å²) in [5.41, 5.74) is 0. The Morgan fingerprint density at radius 2 is 0.753 bits per heavy atom. The molecule has 0 heterocycles. The van der Waals surface area contributed by atoms with E-state index in [-0.39, 0.29) is 19.1 Å². The van der Waals surface area contributed by atoms with E-state index in [4.69, 9.17) is 9.05 Å². The highest BCUT2D eigenvalue weighted by Gasteiger charge is 2.24. The van der Waals surface area contributed by atoms with E-state index in [9.17, 15) is 19.4 Å². The average Bonchev–Trinajstić information content (AvgIpc) is 3.43. The fourth-order valence-electron chi connectivity index (χ4n) is 10.9. The highest BCUT2D eigenvalue weighted by molar-refractivity contribution is 7.45. The molecule has 0 fully saturated rings. The molecule has 0 aliphatic heterocycles. The zero-order chi connectivity index (χ0) is 59.1. The van der Waals surface area contributed by atoms with E-state index in [1.54, 1.807) is 0 Å². The molecule has 9 heteroatoms. The summed E-state index contributed by atoms with van der Waals surface area (Å²) in [5.74, 6) is -0.159. The fraction of sp³-hybridized carbons (Fsp3) is 0.875. The number of rotatable bonds is 66. The van der Waals surface area contributed by atoms with Crippen molar-refractivity contribution in [2.45, 2.75) is 366 Å². The molecule has 3 atom stereocenters. The Labute approximate surface area is 505 Å². The number of carbonyl (C=O) groups is 1. The molecule has 0 aliphatic rings.